The summed E-state index contributed by atoms with van der Waals surface area (Å²) < 4.78 is 18.2. The predicted octanol–water partition coefficient (Wildman–Crippen LogP) is 2.80. The van der Waals surface area contributed by atoms with E-state index in [0.717, 1.165) is 0 Å². The Bertz CT molecular complexity index is 491. The molecule has 1 unspecified atom stereocenters. The summed E-state index contributed by atoms with van der Waals surface area (Å²) in [6.07, 6.45) is -0.143. The molecule has 110 valence electrons. The maximum absolute atomic E-state index is 13.1. The fourth-order valence-electron chi connectivity index (χ4n) is 1.78. The summed E-state index contributed by atoms with van der Waals surface area (Å²) in [5.41, 5.74) is -0.111. The number of carbonyl (C=O) groups is 2. The molecule has 0 heterocycles. The van der Waals surface area contributed by atoms with Crippen LogP contribution in [0.1, 0.15) is 32.8 Å². The SMILES string of the molecule is CC(C)(C)OC(=O)CC(Cc1cccc(F)c1)C(=O)O. The van der Waals surface area contributed by atoms with Crippen molar-refractivity contribution in [1.29, 1.82) is 0 Å². The molecule has 0 fully saturated rings. The average molecular weight is 282 g/mol. The number of hydrogen-bond acceptors (Lipinski definition) is 3. The summed E-state index contributed by atoms with van der Waals surface area (Å²) in [5, 5.41) is 9.15. The van der Waals surface area contributed by atoms with Crippen LogP contribution < -0.4 is 0 Å². The number of benzene rings is 1. The molecule has 1 aromatic carbocycles. The van der Waals surface area contributed by atoms with Gasteiger partial charge in [-0.05, 0) is 44.9 Å². The molecule has 0 aliphatic carbocycles. The van der Waals surface area contributed by atoms with Gasteiger partial charge in [0.15, 0.2) is 0 Å². The van der Waals surface area contributed by atoms with Crippen molar-refractivity contribution in [3.63, 3.8) is 0 Å². The molecule has 1 rings (SSSR count). The molecule has 20 heavy (non-hydrogen) atoms. The first kappa shape index (κ1) is 16.1. The first-order chi connectivity index (χ1) is 9.17. The van der Waals surface area contributed by atoms with Crippen molar-refractivity contribution in [1.82, 2.24) is 0 Å². The predicted molar refractivity (Wildman–Crippen MR) is 71.7 cm³/mol. The Kier molecular flexibility index (Phi) is 5.25. The Morgan fingerprint density at radius 1 is 1.35 bits per heavy atom. The third-order valence-electron chi connectivity index (χ3n) is 2.55. The molecule has 0 spiro atoms. The van der Waals surface area contributed by atoms with E-state index in [0.29, 0.717) is 5.56 Å². The number of carboxylic acids is 1. The van der Waals surface area contributed by atoms with Crippen LogP contribution in [0.2, 0.25) is 0 Å². The summed E-state index contributed by atoms with van der Waals surface area (Å²) in [6.45, 7) is 5.15. The first-order valence-electron chi connectivity index (χ1n) is 6.36. The summed E-state index contributed by atoms with van der Waals surface area (Å²) >= 11 is 0. The smallest absolute Gasteiger partial charge is 0.307 e. The zero-order chi connectivity index (χ0) is 15.3. The maximum atomic E-state index is 13.1. The van der Waals surface area contributed by atoms with Gasteiger partial charge in [-0.25, -0.2) is 4.39 Å². The van der Waals surface area contributed by atoms with Crippen LogP contribution in [-0.4, -0.2) is 22.6 Å². The van der Waals surface area contributed by atoms with E-state index in [4.69, 9.17) is 9.84 Å². The highest BCUT2D eigenvalue weighted by atomic mass is 19.1. The second-order valence-electron chi connectivity index (χ2n) is 5.66. The van der Waals surface area contributed by atoms with Gasteiger partial charge in [-0.15, -0.1) is 0 Å². The summed E-state index contributed by atoms with van der Waals surface area (Å²) in [5.74, 6) is -3.02. The Labute approximate surface area is 117 Å². The fraction of sp³-hybridized carbons (Fsp3) is 0.467. The maximum Gasteiger partial charge on any atom is 0.307 e. The average Bonchev–Trinajstić information content (AvgIpc) is 2.25. The van der Waals surface area contributed by atoms with Gasteiger partial charge in [0.2, 0.25) is 0 Å². The van der Waals surface area contributed by atoms with Crippen LogP contribution >= 0.6 is 0 Å². The number of carboxylic acid groups (broad SMARTS) is 1. The number of esters is 1. The van der Waals surface area contributed by atoms with E-state index < -0.39 is 29.3 Å². The van der Waals surface area contributed by atoms with Crippen LogP contribution in [0.4, 0.5) is 4.39 Å². The minimum atomic E-state index is -1.10. The number of carbonyl (C=O) groups excluding carboxylic acids is 1. The van der Waals surface area contributed by atoms with E-state index in [-0.39, 0.29) is 12.8 Å². The molecule has 1 N–H and O–H groups in total. The Balaban J connectivity index is 2.71. The molecular weight excluding hydrogens is 263 g/mol. The highest BCUT2D eigenvalue weighted by molar-refractivity contribution is 5.79. The van der Waals surface area contributed by atoms with Gasteiger partial charge >= 0.3 is 11.9 Å². The van der Waals surface area contributed by atoms with Gasteiger partial charge in [0.25, 0.3) is 0 Å². The summed E-state index contributed by atoms with van der Waals surface area (Å²) in [4.78, 5) is 22.9. The summed E-state index contributed by atoms with van der Waals surface area (Å²) in [6, 6.07) is 5.70. The molecule has 0 bridgehead atoms. The number of halogens is 1. The normalized spacial score (nSPS) is 12.8. The van der Waals surface area contributed by atoms with Gasteiger partial charge in [0, 0.05) is 0 Å². The fourth-order valence-corrected chi connectivity index (χ4v) is 1.78. The molecule has 0 aliphatic heterocycles. The standard InChI is InChI=1S/C15H19FO4/c1-15(2,3)20-13(17)9-11(14(18)19)7-10-5-4-6-12(16)8-10/h4-6,8,11H,7,9H2,1-3H3,(H,18,19). The lowest BCUT2D eigenvalue weighted by atomic mass is 9.96. The Morgan fingerprint density at radius 3 is 2.50 bits per heavy atom. The van der Waals surface area contributed by atoms with Gasteiger partial charge in [0.05, 0.1) is 12.3 Å². The van der Waals surface area contributed by atoms with Crippen molar-refractivity contribution in [2.75, 3.05) is 0 Å². The van der Waals surface area contributed by atoms with Crippen LogP contribution in [0.5, 0.6) is 0 Å². The number of rotatable bonds is 5. The van der Waals surface area contributed by atoms with Gasteiger partial charge in [0.1, 0.15) is 11.4 Å². The molecule has 0 saturated carbocycles. The van der Waals surface area contributed by atoms with Crippen molar-refractivity contribution in [3.05, 3.63) is 35.6 Å². The van der Waals surface area contributed by atoms with E-state index in [2.05, 4.69) is 0 Å². The third kappa shape index (κ3) is 5.82. The highest BCUT2D eigenvalue weighted by Gasteiger charge is 2.25. The minimum absolute atomic E-state index is 0.0896. The molecule has 0 aromatic heterocycles. The monoisotopic (exact) mass is 282 g/mol. The van der Waals surface area contributed by atoms with Crippen molar-refractivity contribution in [2.45, 2.75) is 39.2 Å². The lowest BCUT2D eigenvalue weighted by Crippen LogP contribution is -2.28. The van der Waals surface area contributed by atoms with Gasteiger partial charge in [-0.2, -0.15) is 0 Å². The lowest BCUT2D eigenvalue weighted by molar-refractivity contribution is -0.159. The quantitative estimate of drug-likeness (QED) is 0.843. The van der Waals surface area contributed by atoms with Gasteiger partial charge in [-0.3, -0.25) is 9.59 Å². The van der Waals surface area contributed by atoms with Crippen molar-refractivity contribution in [2.24, 2.45) is 5.92 Å². The van der Waals surface area contributed by atoms with E-state index in [9.17, 15) is 14.0 Å². The highest BCUT2D eigenvalue weighted by Crippen LogP contribution is 2.17. The molecule has 0 amide bonds. The second kappa shape index (κ2) is 6.50. The second-order valence-corrected chi connectivity index (χ2v) is 5.66. The van der Waals surface area contributed by atoms with Crippen LogP contribution in [0.3, 0.4) is 0 Å². The third-order valence-corrected chi connectivity index (χ3v) is 2.55. The molecule has 0 radical (unpaired) electrons. The van der Waals surface area contributed by atoms with E-state index in [1.165, 1.54) is 18.2 Å². The Hall–Kier alpha value is -1.91. The first-order valence-corrected chi connectivity index (χ1v) is 6.36. The number of ether oxygens (including phenoxy) is 1. The largest absolute Gasteiger partial charge is 0.481 e. The zero-order valence-electron chi connectivity index (χ0n) is 11.9. The van der Waals surface area contributed by atoms with Crippen LogP contribution in [0.15, 0.2) is 24.3 Å². The molecule has 4 nitrogen and oxygen atoms in total. The molecule has 1 aromatic rings. The molecule has 1 atom stereocenters. The topological polar surface area (TPSA) is 63.6 Å². The van der Waals surface area contributed by atoms with E-state index >= 15 is 0 Å². The van der Waals surface area contributed by atoms with Crippen molar-refractivity contribution >= 4 is 11.9 Å². The number of hydrogen-bond donors (Lipinski definition) is 1. The molecule has 0 saturated heterocycles. The van der Waals surface area contributed by atoms with Crippen LogP contribution in [0, 0.1) is 11.7 Å². The van der Waals surface area contributed by atoms with E-state index in [1.807, 2.05) is 0 Å². The summed E-state index contributed by atoms with van der Waals surface area (Å²) in [7, 11) is 0. The lowest BCUT2D eigenvalue weighted by Gasteiger charge is -2.21. The van der Waals surface area contributed by atoms with Gasteiger partial charge < -0.3 is 9.84 Å². The minimum Gasteiger partial charge on any atom is -0.481 e. The number of aliphatic carboxylic acids is 1. The van der Waals surface area contributed by atoms with E-state index in [1.54, 1.807) is 26.8 Å². The molecule has 5 heteroatoms. The van der Waals surface area contributed by atoms with Crippen molar-refractivity contribution in [3.8, 4) is 0 Å². The molecular formula is C15H19FO4. The van der Waals surface area contributed by atoms with Crippen LogP contribution in [-0.2, 0) is 20.7 Å². The zero-order valence-corrected chi connectivity index (χ0v) is 11.9. The molecule has 0 aliphatic rings. The Morgan fingerprint density at radius 2 is 2.00 bits per heavy atom. The van der Waals surface area contributed by atoms with Gasteiger partial charge in [-0.1, -0.05) is 12.1 Å². The van der Waals surface area contributed by atoms with Crippen molar-refractivity contribution < 1.29 is 23.8 Å². The van der Waals surface area contributed by atoms with Crippen LogP contribution in [0.25, 0.3) is 0 Å².